The van der Waals surface area contributed by atoms with E-state index in [4.69, 9.17) is 14.2 Å². The summed E-state index contributed by atoms with van der Waals surface area (Å²) >= 11 is 0. The highest BCUT2D eigenvalue weighted by molar-refractivity contribution is 5.67. The van der Waals surface area contributed by atoms with Gasteiger partial charge in [0.25, 0.3) is 0 Å². The van der Waals surface area contributed by atoms with Crippen LogP contribution in [-0.4, -0.2) is 38.7 Å². The van der Waals surface area contributed by atoms with E-state index >= 15 is 0 Å². The van der Waals surface area contributed by atoms with Crippen LogP contribution in [0.1, 0.15) is 26.7 Å². The van der Waals surface area contributed by atoms with Gasteiger partial charge in [-0.15, -0.1) is 0 Å². The van der Waals surface area contributed by atoms with Crippen molar-refractivity contribution in [1.82, 2.24) is 5.32 Å². The molecule has 17 heavy (non-hydrogen) atoms. The van der Waals surface area contributed by atoms with Crippen molar-refractivity contribution in [2.75, 3.05) is 26.4 Å². The third-order valence-corrected chi connectivity index (χ3v) is 1.92. The molecule has 0 bridgehead atoms. The van der Waals surface area contributed by atoms with Gasteiger partial charge < -0.3 is 19.5 Å². The van der Waals surface area contributed by atoms with Crippen molar-refractivity contribution >= 4 is 6.09 Å². The SMILES string of the molecule is C=CCOC(=O)NCCCC(OCC)OCC. The number of alkyl carbamates (subject to hydrolysis) is 1. The van der Waals surface area contributed by atoms with Crippen molar-refractivity contribution < 1.29 is 19.0 Å². The van der Waals surface area contributed by atoms with Crippen molar-refractivity contribution in [3.05, 3.63) is 12.7 Å². The van der Waals surface area contributed by atoms with Gasteiger partial charge in [0.2, 0.25) is 0 Å². The highest BCUT2D eigenvalue weighted by atomic mass is 16.7. The van der Waals surface area contributed by atoms with E-state index in [9.17, 15) is 4.79 Å². The average molecular weight is 245 g/mol. The molecule has 1 amide bonds. The fraction of sp³-hybridized carbons (Fsp3) is 0.750. The van der Waals surface area contributed by atoms with Crippen LogP contribution in [0.25, 0.3) is 0 Å². The van der Waals surface area contributed by atoms with Gasteiger partial charge in [0.15, 0.2) is 6.29 Å². The molecular formula is C12H23NO4. The molecule has 0 radical (unpaired) electrons. The average Bonchev–Trinajstić information content (AvgIpc) is 2.32. The molecule has 0 aromatic carbocycles. The van der Waals surface area contributed by atoms with Crippen LogP contribution in [0.5, 0.6) is 0 Å². The van der Waals surface area contributed by atoms with Crippen LogP contribution >= 0.6 is 0 Å². The molecule has 0 unspecified atom stereocenters. The Labute approximate surface area is 103 Å². The molecule has 0 spiro atoms. The normalized spacial score (nSPS) is 10.3. The predicted molar refractivity (Wildman–Crippen MR) is 65.8 cm³/mol. The lowest BCUT2D eigenvalue weighted by Gasteiger charge is -2.16. The summed E-state index contributed by atoms with van der Waals surface area (Å²) in [4.78, 5) is 11.1. The van der Waals surface area contributed by atoms with Gasteiger partial charge >= 0.3 is 6.09 Å². The Morgan fingerprint density at radius 2 is 2.00 bits per heavy atom. The number of rotatable bonds is 10. The van der Waals surface area contributed by atoms with E-state index in [1.54, 1.807) is 0 Å². The highest BCUT2D eigenvalue weighted by Crippen LogP contribution is 2.03. The summed E-state index contributed by atoms with van der Waals surface area (Å²) in [5.74, 6) is 0. The second kappa shape index (κ2) is 11.4. The van der Waals surface area contributed by atoms with E-state index in [-0.39, 0.29) is 12.9 Å². The van der Waals surface area contributed by atoms with Gasteiger partial charge in [-0.3, -0.25) is 0 Å². The van der Waals surface area contributed by atoms with Gasteiger partial charge in [0.1, 0.15) is 6.61 Å². The summed E-state index contributed by atoms with van der Waals surface area (Å²) in [6, 6.07) is 0. The molecule has 0 heterocycles. The highest BCUT2D eigenvalue weighted by Gasteiger charge is 2.07. The van der Waals surface area contributed by atoms with Crippen LogP contribution in [0, 0.1) is 0 Å². The fourth-order valence-electron chi connectivity index (χ4n) is 1.23. The molecular weight excluding hydrogens is 222 g/mol. The third kappa shape index (κ3) is 9.84. The molecule has 1 N–H and O–H groups in total. The summed E-state index contributed by atoms with van der Waals surface area (Å²) in [6.07, 6.45) is 2.46. The molecule has 5 nitrogen and oxygen atoms in total. The molecule has 100 valence electrons. The van der Waals surface area contributed by atoms with Crippen molar-refractivity contribution in [2.45, 2.75) is 33.0 Å². The van der Waals surface area contributed by atoms with E-state index < -0.39 is 6.09 Å². The Morgan fingerprint density at radius 3 is 2.53 bits per heavy atom. The maximum Gasteiger partial charge on any atom is 0.407 e. The summed E-state index contributed by atoms with van der Waals surface area (Å²) in [6.45, 7) is 9.34. The number of carbonyl (C=O) groups is 1. The standard InChI is InChI=1S/C12H23NO4/c1-4-10-17-12(14)13-9-7-8-11(15-5-2)16-6-3/h4,11H,1,5-10H2,2-3H3,(H,13,14). The minimum Gasteiger partial charge on any atom is -0.445 e. The monoisotopic (exact) mass is 245 g/mol. The molecule has 0 saturated carbocycles. The van der Waals surface area contributed by atoms with Crippen molar-refractivity contribution in [3.63, 3.8) is 0 Å². The van der Waals surface area contributed by atoms with Crippen LogP contribution in [0.3, 0.4) is 0 Å². The van der Waals surface area contributed by atoms with E-state index in [0.29, 0.717) is 19.8 Å². The van der Waals surface area contributed by atoms with E-state index in [0.717, 1.165) is 12.8 Å². The largest absolute Gasteiger partial charge is 0.445 e. The van der Waals surface area contributed by atoms with Gasteiger partial charge in [0, 0.05) is 26.2 Å². The first-order chi connectivity index (χ1) is 8.24. The molecule has 0 aliphatic heterocycles. The Balaban J connectivity index is 3.52. The van der Waals surface area contributed by atoms with Crippen molar-refractivity contribution in [2.24, 2.45) is 0 Å². The second-order valence-electron chi connectivity index (χ2n) is 3.30. The molecule has 0 aromatic heterocycles. The number of hydrogen-bond acceptors (Lipinski definition) is 4. The molecule has 0 atom stereocenters. The predicted octanol–water partition coefficient (Wildman–Crippen LogP) is 2.08. The van der Waals surface area contributed by atoms with Gasteiger partial charge in [-0.25, -0.2) is 4.79 Å². The quantitative estimate of drug-likeness (QED) is 0.364. The molecule has 0 fully saturated rings. The van der Waals surface area contributed by atoms with Crippen LogP contribution in [-0.2, 0) is 14.2 Å². The van der Waals surface area contributed by atoms with Gasteiger partial charge in [0.05, 0.1) is 0 Å². The van der Waals surface area contributed by atoms with Gasteiger partial charge in [-0.05, 0) is 20.3 Å². The van der Waals surface area contributed by atoms with Gasteiger partial charge in [-0.2, -0.15) is 0 Å². The Bertz CT molecular complexity index is 203. The van der Waals surface area contributed by atoms with Crippen molar-refractivity contribution in [3.8, 4) is 0 Å². The third-order valence-electron chi connectivity index (χ3n) is 1.92. The number of hydrogen-bond donors (Lipinski definition) is 1. The molecule has 5 heteroatoms. The van der Waals surface area contributed by atoms with Crippen molar-refractivity contribution in [1.29, 1.82) is 0 Å². The van der Waals surface area contributed by atoms with Crippen LogP contribution < -0.4 is 5.32 Å². The Hall–Kier alpha value is -1.07. The molecule has 0 aromatic rings. The lowest BCUT2D eigenvalue weighted by molar-refractivity contribution is -0.139. The number of ether oxygens (including phenoxy) is 3. The van der Waals surface area contributed by atoms with Gasteiger partial charge in [-0.1, -0.05) is 12.7 Å². The van der Waals surface area contributed by atoms with Crippen LogP contribution in [0.4, 0.5) is 4.79 Å². The summed E-state index contributed by atoms with van der Waals surface area (Å²) in [7, 11) is 0. The van der Waals surface area contributed by atoms with Crippen LogP contribution in [0.2, 0.25) is 0 Å². The maximum atomic E-state index is 11.1. The fourth-order valence-corrected chi connectivity index (χ4v) is 1.23. The zero-order chi connectivity index (χ0) is 12.9. The molecule has 0 aliphatic carbocycles. The number of carbonyl (C=O) groups excluding carboxylic acids is 1. The summed E-state index contributed by atoms with van der Waals surface area (Å²) in [5, 5.41) is 2.64. The lowest BCUT2D eigenvalue weighted by Crippen LogP contribution is -2.27. The van der Waals surface area contributed by atoms with E-state index in [2.05, 4.69) is 11.9 Å². The molecule has 0 aliphatic rings. The zero-order valence-corrected chi connectivity index (χ0v) is 10.7. The molecule has 0 saturated heterocycles. The van der Waals surface area contributed by atoms with E-state index in [1.165, 1.54) is 6.08 Å². The minimum atomic E-state index is -0.422. The zero-order valence-electron chi connectivity index (χ0n) is 10.7. The lowest BCUT2D eigenvalue weighted by atomic mass is 10.3. The number of nitrogens with one attached hydrogen (secondary N) is 1. The maximum absolute atomic E-state index is 11.1. The first kappa shape index (κ1) is 15.9. The summed E-state index contributed by atoms with van der Waals surface area (Å²) < 4.78 is 15.5. The smallest absolute Gasteiger partial charge is 0.407 e. The van der Waals surface area contributed by atoms with E-state index in [1.807, 2.05) is 13.8 Å². The first-order valence-corrected chi connectivity index (χ1v) is 5.99. The topological polar surface area (TPSA) is 56.8 Å². The first-order valence-electron chi connectivity index (χ1n) is 5.99. The second-order valence-corrected chi connectivity index (χ2v) is 3.30. The summed E-state index contributed by atoms with van der Waals surface area (Å²) in [5.41, 5.74) is 0. The Kier molecular flexibility index (Phi) is 10.7. The van der Waals surface area contributed by atoms with Crippen LogP contribution in [0.15, 0.2) is 12.7 Å². The molecule has 0 rings (SSSR count). The minimum absolute atomic E-state index is 0.184. The Morgan fingerprint density at radius 1 is 1.35 bits per heavy atom. The number of amides is 1.